The van der Waals surface area contributed by atoms with E-state index in [0.717, 1.165) is 5.56 Å². The molecule has 0 aliphatic carbocycles. The third kappa shape index (κ3) is 4.58. The highest BCUT2D eigenvalue weighted by Crippen LogP contribution is 2.31. The van der Waals surface area contributed by atoms with E-state index in [1.807, 2.05) is 39.8 Å². The van der Waals surface area contributed by atoms with E-state index in [0.29, 0.717) is 44.0 Å². The van der Waals surface area contributed by atoms with Crippen LogP contribution in [-0.4, -0.2) is 31.6 Å². The molecule has 0 radical (unpaired) electrons. The normalized spacial score (nSPS) is 17.0. The molecule has 138 valence electrons. The third-order valence-electron chi connectivity index (χ3n) is 4.75. The lowest BCUT2D eigenvalue weighted by atomic mass is 9.79. The third-order valence-corrected chi connectivity index (χ3v) is 4.75. The van der Waals surface area contributed by atoms with Gasteiger partial charge in [0.25, 0.3) is 0 Å². The van der Waals surface area contributed by atoms with Crippen LogP contribution in [-0.2, 0) is 14.3 Å². The van der Waals surface area contributed by atoms with E-state index in [9.17, 15) is 9.59 Å². The Kier molecular flexibility index (Phi) is 5.85. The Balaban J connectivity index is 2.16. The standard InChI is InChI=1S/C19H29N3O3/c1-13-5-6-14(11-15(13)22-16(23)18(2,3)4)21-17(24)19(12-20)7-9-25-10-8-19/h5-6,11H,7-10,12,20H2,1-4H3,(H,21,24)(H,22,23). The van der Waals surface area contributed by atoms with E-state index in [4.69, 9.17) is 10.5 Å². The van der Waals surface area contributed by atoms with Crippen molar-refractivity contribution in [2.24, 2.45) is 16.6 Å². The average molecular weight is 347 g/mol. The molecule has 1 saturated heterocycles. The van der Waals surface area contributed by atoms with Crippen molar-refractivity contribution < 1.29 is 14.3 Å². The first-order valence-corrected chi connectivity index (χ1v) is 8.69. The van der Waals surface area contributed by atoms with E-state index in [-0.39, 0.29) is 11.8 Å². The molecule has 4 N–H and O–H groups in total. The van der Waals surface area contributed by atoms with Crippen molar-refractivity contribution in [3.8, 4) is 0 Å². The number of carbonyl (C=O) groups excluding carboxylic acids is 2. The number of aryl methyl sites for hydroxylation is 1. The molecule has 1 aromatic rings. The second-order valence-corrected chi connectivity index (χ2v) is 7.78. The highest BCUT2D eigenvalue weighted by Gasteiger charge is 2.38. The van der Waals surface area contributed by atoms with Crippen LogP contribution >= 0.6 is 0 Å². The van der Waals surface area contributed by atoms with Crippen LogP contribution in [0, 0.1) is 17.8 Å². The van der Waals surface area contributed by atoms with Crippen molar-refractivity contribution in [1.29, 1.82) is 0 Å². The summed E-state index contributed by atoms with van der Waals surface area (Å²) in [6.07, 6.45) is 1.24. The number of benzene rings is 1. The van der Waals surface area contributed by atoms with Gasteiger partial charge >= 0.3 is 0 Å². The summed E-state index contributed by atoms with van der Waals surface area (Å²) in [5.74, 6) is -0.155. The Morgan fingerprint density at radius 3 is 2.40 bits per heavy atom. The van der Waals surface area contributed by atoms with Gasteiger partial charge in [-0.15, -0.1) is 0 Å². The molecule has 1 fully saturated rings. The molecular weight excluding hydrogens is 318 g/mol. The molecule has 6 nitrogen and oxygen atoms in total. The Hall–Kier alpha value is -1.92. The van der Waals surface area contributed by atoms with Crippen LogP contribution in [0.5, 0.6) is 0 Å². The van der Waals surface area contributed by atoms with Crippen molar-refractivity contribution in [2.75, 3.05) is 30.4 Å². The van der Waals surface area contributed by atoms with Crippen LogP contribution in [0.4, 0.5) is 11.4 Å². The van der Waals surface area contributed by atoms with Gasteiger partial charge in [0.15, 0.2) is 0 Å². The largest absolute Gasteiger partial charge is 0.381 e. The number of hydrogen-bond acceptors (Lipinski definition) is 4. The van der Waals surface area contributed by atoms with Crippen LogP contribution in [0.1, 0.15) is 39.2 Å². The van der Waals surface area contributed by atoms with Crippen LogP contribution in [0.2, 0.25) is 0 Å². The van der Waals surface area contributed by atoms with Gasteiger partial charge < -0.3 is 21.1 Å². The van der Waals surface area contributed by atoms with Gasteiger partial charge in [0.1, 0.15) is 0 Å². The Morgan fingerprint density at radius 2 is 1.84 bits per heavy atom. The quantitative estimate of drug-likeness (QED) is 0.780. The fourth-order valence-corrected chi connectivity index (χ4v) is 2.69. The molecule has 2 amide bonds. The number of rotatable bonds is 4. The molecule has 0 bridgehead atoms. The molecule has 2 rings (SSSR count). The van der Waals surface area contributed by atoms with Gasteiger partial charge in [-0.1, -0.05) is 26.8 Å². The minimum absolute atomic E-state index is 0.0677. The van der Waals surface area contributed by atoms with E-state index in [2.05, 4.69) is 10.6 Å². The monoisotopic (exact) mass is 347 g/mol. The summed E-state index contributed by atoms with van der Waals surface area (Å²) in [6.45, 7) is 8.89. The molecule has 1 aliphatic heterocycles. The topological polar surface area (TPSA) is 93.5 Å². The predicted octanol–water partition coefficient (Wildman–Crippen LogP) is 2.67. The molecule has 1 aliphatic rings. The van der Waals surface area contributed by atoms with E-state index < -0.39 is 10.8 Å². The van der Waals surface area contributed by atoms with Crippen LogP contribution in [0.25, 0.3) is 0 Å². The average Bonchev–Trinajstić information content (AvgIpc) is 2.57. The van der Waals surface area contributed by atoms with Gasteiger partial charge in [0.05, 0.1) is 5.41 Å². The van der Waals surface area contributed by atoms with Gasteiger partial charge in [-0.05, 0) is 37.5 Å². The number of nitrogens with two attached hydrogens (primary N) is 1. The van der Waals surface area contributed by atoms with Gasteiger partial charge in [0.2, 0.25) is 11.8 Å². The zero-order valence-electron chi connectivity index (χ0n) is 15.6. The number of nitrogens with one attached hydrogen (secondary N) is 2. The smallest absolute Gasteiger partial charge is 0.232 e. The van der Waals surface area contributed by atoms with Crippen molar-refractivity contribution >= 4 is 23.2 Å². The summed E-state index contributed by atoms with van der Waals surface area (Å²) in [5, 5.41) is 5.89. The summed E-state index contributed by atoms with van der Waals surface area (Å²) in [4.78, 5) is 25.0. The van der Waals surface area contributed by atoms with Gasteiger partial charge in [-0.3, -0.25) is 9.59 Å². The fourth-order valence-electron chi connectivity index (χ4n) is 2.69. The molecule has 1 aromatic carbocycles. The first-order chi connectivity index (χ1) is 11.7. The summed E-state index contributed by atoms with van der Waals surface area (Å²) in [7, 11) is 0. The zero-order valence-corrected chi connectivity index (χ0v) is 15.6. The SMILES string of the molecule is Cc1ccc(NC(=O)C2(CN)CCOCC2)cc1NC(=O)C(C)(C)C. The Labute approximate surface area is 149 Å². The number of amides is 2. The van der Waals surface area contributed by atoms with Crippen LogP contribution in [0.15, 0.2) is 18.2 Å². The predicted molar refractivity (Wildman–Crippen MR) is 99.4 cm³/mol. The maximum absolute atomic E-state index is 12.8. The summed E-state index contributed by atoms with van der Waals surface area (Å²) < 4.78 is 5.35. The van der Waals surface area contributed by atoms with Crippen molar-refractivity contribution in [3.05, 3.63) is 23.8 Å². The number of hydrogen-bond donors (Lipinski definition) is 3. The summed E-state index contributed by atoms with van der Waals surface area (Å²) in [5.41, 5.74) is 7.11. The lowest BCUT2D eigenvalue weighted by molar-refractivity contribution is -0.130. The second kappa shape index (κ2) is 7.54. The van der Waals surface area contributed by atoms with E-state index in [1.165, 1.54) is 0 Å². The van der Waals surface area contributed by atoms with Crippen molar-refractivity contribution in [2.45, 2.75) is 40.5 Å². The molecule has 0 unspecified atom stereocenters. The molecular formula is C19H29N3O3. The minimum atomic E-state index is -0.585. The number of ether oxygens (including phenoxy) is 1. The Morgan fingerprint density at radius 1 is 1.20 bits per heavy atom. The molecule has 0 atom stereocenters. The van der Waals surface area contributed by atoms with Gasteiger partial charge in [-0.2, -0.15) is 0 Å². The van der Waals surface area contributed by atoms with E-state index >= 15 is 0 Å². The van der Waals surface area contributed by atoms with Crippen LogP contribution < -0.4 is 16.4 Å². The zero-order chi connectivity index (χ0) is 18.7. The first kappa shape index (κ1) is 19.4. The Bertz CT molecular complexity index is 644. The first-order valence-electron chi connectivity index (χ1n) is 8.69. The summed E-state index contributed by atoms with van der Waals surface area (Å²) in [6, 6.07) is 5.51. The lowest BCUT2D eigenvalue weighted by Crippen LogP contribution is -2.46. The van der Waals surface area contributed by atoms with E-state index in [1.54, 1.807) is 6.07 Å². The molecule has 0 saturated carbocycles. The number of carbonyl (C=O) groups is 2. The molecule has 25 heavy (non-hydrogen) atoms. The molecule has 1 heterocycles. The molecule has 0 spiro atoms. The summed E-state index contributed by atoms with van der Waals surface area (Å²) >= 11 is 0. The highest BCUT2D eigenvalue weighted by atomic mass is 16.5. The van der Waals surface area contributed by atoms with Crippen molar-refractivity contribution in [1.82, 2.24) is 0 Å². The maximum atomic E-state index is 12.8. The molecule has 6 heteroatoms. The highest BCUT2D eigenvalue weighted by molar-refractivity contribution is 5.98. The second-order valence-electron chi connectivity index (χ2n) is 7.78. The maximum Gasteiger partial charge on any atom is 0.232 e. The fraction of sp³-hybridized carbons (Fsp3) is 0.579. The van der Waals surface area contributed by atoms with Crippen molar-refractivity contribution in [3.63, 3.8) is 0 Å². The van der Waals surface area contributed by atoms with Gasteiger partial charge in [0, 0.05) is 36.5 Å². The van der Waals surface area contributed by atoms with Crippen LogP contribution in [0.3, 0.4) is 0 Å². The lowest BCUT2D eigenvalue weighted by Gasteiger charge is -2.34. The van der Waals surface area contributed by atoms with Gasteiger partial charge in [-0.25, -0.2) is 0 Å². The molecule has 0 aromatic heterocycles. The number of anilines is 2. The minimum Gasteiger partial charge on any atom is -0.381 e.